The first-order chi connectivity index (χ1) is 9.60. The first-order valence-electron chi connectivity index (χ1n) is 7.01. The van der Waals surface area contributed by atoms with Gasteiger partial charge in [-0.3, -0.25) is 0 Å². The summed E-state index contributed by atoms with van der Waals surface area (Å²) in [6.07, 6.45) is 2.85. The fraction of sp³-hybridized carbons (Fsp3) is 0.533. The molecule has 20 heavy (non-hydrogen) atoms. The Bertz CT molecular complexity index is 474. The SMILES string of the molecule is CCCC(Oc1ccc(Cl)cc1CNC1CC1)C(=O)O. The molecule has 4 nitrogen and oxygen atoms in total. The van der Waals surface area contributed by atoms with E-state index in [0.717, 1.165) is 12.0 Å². The number of benzene rings is 1. The summed E-state index contributed by atoms with van der Waals surface area (Å²) in [5.74, 6) is -0.327. The number of halogens is 1. The molecule has 1 aliphatic carbocycles. The Kier molecular flexibility index (Phi) is 5.26. The second-order valence-corrected chi connectivity index (χ2v) is 5.58. The molecule has 2 N–H and O–H groups in total. The van der Waals surface area contributed by atoms with Crippen LogP contribution >= 0.6 is 11.6 Å². The highest BCUT2D eigenvalue weighted by Gasteiger charge is 2.22. The van der Waals surface area contributed by atoms with Crippen LogP contribution in [0, 0.1) is 0 Å². The van der Waals surface area contributed by atoms with Gasteiger partial charge in [0.05, 0.1) is 0 Å². The number of carboxylic acids is 1. The third kappa shape index (κ3) is 4.39. The monoisotopic (exact) mass is 297 g/mol. The highest BCUT2D eigenvalue weighted by molar-refractivity contribution is 6.30. The Morgan fingerprint density at radius 3 is 2.90 bits per heavy atom. The second kappa shape index (κ2) is 6.95. The van der Waals surface area contributed by atoms with Crippen molar-refractivity contribution in [3.8, 4) is 5.75 Å². The Balaban J connectivity index is 2.09. The van der Waals surface area contributed by atoms with Crippen LogP contribution in [0.25, 0.3) is 0 Å². The molecule has 1 fully saturated rings. The number of hydrogen-bond donors (Lipinski definition) is 2. The minimum atomic E-state index is -0.928. The normalized spacial score (nSPS) is 15.9. The number of aliphatic carboxylic acids is 1. The van der Waals surface area contributed by atoms with Crippen LogP contribution in [0.1, 0.15) is 38.2 Å². The summed E-state index contributed by atoms with van der Waals surface area (Å²) in [5.41, 5.74) is 0.909. The van der Waals surface area contributed by atoms with Crippen LogP contribution in [0.15, 0.2) is 18.2 Å². The van der Waals surface area contributed by atoms with Gasteiger partial charge in [0.1, 0.15) is 5.75 Å². The van der Waals surface area contributed by atoms with Crippen LogP contribution in [0.3, 0.4) is 0 Å². The Labute approximate surface area is 124 Å². The van der Waals surface area contributed by atoms with E-state index in [-0.39, 0.29) is 0 Å². The molecule has 1 atom stereocenters. The Morgan fingerprint density at radius 2 is 2.30 bits per heavy atom. The van der Waals surface area contributed by atoms with Gasteiger partial charge >= 0.3 is 5.97 Å². The molecule has 1 saturated carbocycles. The number of ether oxygens (including phenoxy) is 1. The van der Waals surface area contributed by atoms with Gasteiger partial charge in [-0.15, -0.1) is 0 Å². The minimum absolute atomic E-state index is 0.494. The summed E-state index contributed by atoms with van der Waals surface area (Å²) in [5, 5.41) is 13.2. The van der Waals surface area contributed by atoms with Gasteiger partial charge in [0.15, 0.2) is 6.10 Å². The maximum atomic E-state index is 11.2. The van der Waals surface area contributed by atoms with Gasteiger partial charge in [-0.2, -0.15) is 0 Å². The van der Waals surface area contributed by atoms with Gasteiger partial charge in [-0.05, 0) is 37.5 Å². The molecule has 0 aromatic heterocycles. The van der Waals surface area contributed by atoms with Crippen LogP contribution in [0.5, 0.6) is 5.75 Å². The smallest absolute Gasteiger partial charge is 0.344 e. The van der Waals surface area contributed by atoms with Gasteiger partial charge in [0.2, 0.25) is 0 Å². The van der Waals surface area contributed by atoms with E-state index in [1.54, 1.807) is 12.1 Å². The molecule has 2 rings (SSSR count). The first-order valence-corrected chi connectivity index (χ1v) is 7.39. The molecule has 110 valence electrons. The van der Waals surface area contributed by atoms with E-state index in [1.807, 2.05) is 13.0 Å². The first kappa shape index (κ1) is 15.1. The zero-order chi connectivity index (χ0) is 14.5. The molecule has 0 radical (unpaired) electrons. The van der Waals surface area contributed by atoms with Crippen molar-refractivity contribution in [2.75, 3.05) is 0 Å². The van der Waals surface area contributed by atoms with Gasteiger partial charge < -0.3 is 15.2 Å². The molecule has 1 aliphatic rings. The van der Waals surface area contributed by atoms with Crippen molar-refractivity contribution in [3.63, 3.8) is 0 Å². The van der Waals surface area contributed by atoms with Crippen LogP contribution in [0.4, 0.5) is 0 Å². The number of carbonyl (C=O) groups is 1. The van der Waals surface area contributed by atoms with E-state index in [2.05, 4.69) is 5.32 Å². The van der Waals surface area contributed by atoms with E-state index < -0.39 is 12.1 Å². The summed E-state index contributed by atoms with van der Waals surface area (Å²) in [7, 11) is 0. The molecule has 0 bridgehead atoms. The fourth-order valence-electron chi connectivity index (χ4n) is 1.99. The van der Waals surface area contributed by atoms with Crippen molar-refractivity contribution in [1.82, 2.24) is 5.32 Å². The highest BCUT2D eigenvalue weighted by atomic mass is 35.5. The molecule has 0 saturated heterocycles. The van der Waals surface area contributed by atoms with Crippen molar-refractivity contribution in [3.05, 3.63) is 28.8 Å². The van der Waals surface area contributed by atoms with Gasteiger partial charge in [0.25, 0.3) is 0 Å². The number of rotatable bonds is 8. The zero-order valence-electron chi connectivity index (χ0n) is 11.6. The molecule has 0 heterocycles. The van der Waals surface area contributed by atoms with E-state index >= 15 is 0 Å². The van der Waals surface area contributed by atoms with E-state index in [0.29, 0.717) is 29.8 Å². The average Bonchev–Trinajstić information content (AvgIpc) is 3.22. The molecular weight excluding hydrogens is 278 g/mol. The molecule has 0 aliphatic heterocycles. The van der Waals surface area contributed by atoms with Gasteiger partial charge in [0, 0.05) is 23.2 Å². The van der Waals surface area contributed by atoms with Crippen molar-refractivity contribution in [2.45, 2.75) is 51.3 Å². The molecule has 5 heteroatoms. The average molecular weight is 298 g/mol. The van der Waals surface area contributed by atoms with Crippen molar-refractivity contribution in [1.29, 1.82) is 0 Å². The van der Waals surface area contributed by atoms with Crippen molar-refractivity contribution >= 4 is 17.6 Å². The third-order valence-corrected chi connectivity index (χ3v) is 3.51. The van der Waals surface area contributed by atoms with E-state index in [1.165, 1.54) is 12.8 Å². The maximum absolute atomic E-state index is 11.2. The summed E-state index contributed by atoms with van der Waals surface area (Å²) in [6, 6.07) is 5.88. The number of hydrogen-bond acceptors (Lipinski definition) is 3. The van der Waals surface area contributed by atoms with E-state index in [9.17, 15) is 9.90 Å². The molecule has 0 amide bonds. The number of nitrogens with one attached hydrogen (secondary N) is 1. The maximum Gasteiger partial charge on any atom is 0.344 e. The summed E-state index contributed by atoms with van der Waals surface area (Å²) in [6.45, 7) is 2.59. The summed E-state index contributed by atoms with van der Waals surface area (Å²) >= 11 is 6.01. The summed E-state index contributed by atoms with van der Waals surface area (Å²) < 4.78 is 5.66. The lowest BCUT2D eigenvalue weighted by Gasteiger charge is -2.17. The van der Waals surface area contributed by atoms with Crippen LogP contribution < -0.4 is 10.1 Å². The quantitative estimate of drug-likeness (QED) is 0.773. The summed E-state index contributed by atoms with van der Waals surface area (Å²) in [4.78, 5) is 11.2. The molecular formula is C15H20ClNO3. The molecule has 1 aromatic rings. The van der Waals surface area contributed by atoms with Crippen molar-refractivity contribution < 1.29 is 14.6 Å². The predicted molar refractivity (Wildman–Crippen MR) is 78.3 cm³/mol. The largest absolute Gasteiger partial charge is 0.479 e. The van der Waals surface area contributed by atoms with Crippen LogP contribution in [-0.2, 0) is 11.3 Å². The van der Waals surface area contributed by atoms with Crippen molar-refractivity contribution in [2.24, 2.45) is 0 Å². The predicted octanol–water partition coefficient (Wildman–Crippen LogP) is 3.22. The fourth-order valence-corrected chi connectivity index (χ4v) is 2.19. The lowest BCUT2D eigenvalue weighted by Crippen LogP contribution is -2.27. The highest BCUT2D eigenvalue weighted by Crippen LogP contribution is 2.26. The van der Waals surface area contributed by atoms with Crippen LogP contribution in [0.2, 0.25) is 5.02 Å². The second-order valence-electron chi connectivity index (χ2n) is 5.14. The number of carboxylic acid groups (broad SMARTS) is 1. The molecule has 0 spiro atoms. The van der Waals surface area contributed by atoms with E-state index in [4.69, 9.17) is 16.3 Å². The zero-order valence-corrected chi connectivity index (χ0v) is 12.3. The third-order valence-electron chi connectivity index (χ3n) is 3.28. The van der Waals surface area contributed by atoms with Gasteiger partial charge in [-0.1, -0.05) is 24.9 Å². The minimum Gasteiger partial charge on any atom is -0.479 e. The topological polar surface area (TPSA) is 58.6 Å². The lowest BCUT2D eigenvalue weighted by molar-refractivity contribution is -0.145. The molecule has 1 aromatic carbocycles. The van der Waals surface area contributed by atoms with Gasteiger partial charge in [-0.25, -0.2) is 4.79 Å². The molecule has 1 unspecified atom stereocenters. The lowest BCUT2D eigenvalue weighted by atomic mass is 10.1. The standard InChI is InChI=1S/C15H20ClNO3/c1-2-3-14(15(18)19)20-13-7-4-11(16)8-10(13)9-17-12-5-6-12/h4,7-8,12,14,17H,2-3,5-6,9H2,1H3,(H,18,19). The Hall–Kier alpha value is -1.26. The Morgan fingerprint density at radius 1 is 1.55 bits per heavy atom. The van der Waals surface area contributed by atoms with Crippen LogP contribution in [-0.4, -0.2) is 23.2 Å².